The van der Waals surface area contributed by atoms with Gasteiger partial charge in [-0.25, -0.2) is 4.98 Å². The lowest BCUT2D eigenvalue weighted by Crippen LogP contribution is -2.49. The fourth-order valence-electron chi connectivity index (χ4n) is 4.41. The van der Waals surface area contributed by atoms with E-state index in [4.69, 9.17) is 0 Å². The fourth-order valence-corrected chi connectivity index (χ4v) is 4.41. The summed E-state index contributed by atoms with van der Waals surface area (Å²) in [5.41, 5.74) is 0. The van der Waals surface area contributed by atoms with Gasteiger partial charge in [-0.05, 0) is 57.2 Å². The van der Waals surface area contributed by atoms with Gasteiger partial charge >= 0.3 is 0 Å². The molecule has 1 N–H and O–H groups in total. The van der Waals surface area contributed by atoms with Crippen molar-refractivity contribution in [2.45, 2.75) is 45.6 Å². The van der Waals surface area contributed by atoms with E-state index < -0.39 is 0 Å². The van der Waals surface area contributed by atoms with Crippen molar-refractivity contribution >= 4 is 5.96 Å². The van der Waals surface area contributed by atoms with E-state index in [0.29, 0.717) is 12.0 Å². The molecule has 0 bridgehead atoms. The minimum absolute atomic E-state index is 0.475. The van der Waals surface area contributed by atoms with Crippen molar-refractivity contribution in [2.75, 3.05) is 46.3 Å². The highest BCUT2D eigenvalue weighted by molar-refractivity contribution is 5.80. The van der Waals surface area contributed by atoms with Crippen LogP contribution < -0.4 is 5.32 Å². The molecule has 2 aliphatic rings. The number of rotatable bonds is 5. The van der Waals surface area contributed by atoms with E-state index >= 15 is 0 Å². The lowest BCUT2D eigenvalue weighted by Gasteiger charge is -2.39. The third-order valence-corrected chi connectivity index (χ3v) is 6.33. The van der Waals surface area contributed by atoms with E-state index in [-0.39, 0.29) is 0 Å². The monoisotopic (exact) mass is 360 g/mol. The lowest BCUT2D eigenvalue weighted by atomic mass is 9.93. The van der Waals surface area contributed by atoms with Gasteiger partial charge in [0.05, 0.1) is 12.4 Å². The van der Waals surface area contributed by atoms with Crippen LogP contribution in [0.4, 0.5) is 0 Å². The summed E-state index contributed by atoms with van der Waals surface area (Å²) in [5, 5.41) is 3.63. The van der Waals surface area contributed by atoms with Crippen LogP contribution >= 0.6 is 0 Å². The van der Waals surface area contributed by atoms with Gasteiger partial charge in [0.1, 0.15) is 0 Å². The molecule has 3 rings (SSSR count). The molecular weight excluding hydrogens is 324 g/mol. The molecule has 6 nitrogen and oxygen atoms in total. The fraction of sp³-hybridized carbons (Fsp3) is 0.800. The molecule has 3 heterocycles. The van der Waals surface area contributed by atoms with Gasteiger partial charge in [0.2, 0.25) is 0 Å². The molecule has 2 unspecified atom stereocenters. The average Bonchev–Trinajstić information content (AvgIpc) is 3.21. The van der Waals surface area contributed by atoms with Crippen LogP contribution in [0.5, 0.6) is 0 Å². The molecule has 2 saturated heterocycles. The molecule has 0 amide bonds. The van der Waals surface area contributed by atoms with Crippen molar-refractivity contribution in [3.8, 4) is 0 Å². The van der Waals surface area contributed by atoms with E-state index in [1.165, 1.54) is 45.3 Å². The molecule has 2 aliphatic heterocycles. The van der Waals surface area contributed by atoms with E-state index in [2.05, 4.69) is 49.7 Å². The van der Waals surface area contributed by atoms with Crippen LogP contribution in [0.25, 0.3) is 0 Å². The smallest absolute Gasteiger partial charge is 0.193 e. The quantitative estimate of drug-likeness (QED) is 0.647. The number of nitrogens with one attached hydrogen (secondary N) is 1. The van der Waals surface area contributed by atoms with Gasteiger partial charge in [-0.2, -0.15) is 0 Å². The van der Waals surface area contributed by atoms with Crippen molar-refractivity contribution < 1.29 is 0 Å². The Morgan fingerprint density at radius 2 is 2.04 bits per heavy atom. The molecule has 1 aromatic rings. The normalized spacial score (nSPS) is 26.3. The minimum Gasteiger partial charge on any atom is -0.356 e. The third kappa shape index (κ3) is 4.78. The summed E-state index contributed by atoms with van der Waals surface area (Å²) >= 11 is 0. The van der Waals surface area contributed by atoms with Gasteiger partial charge in [-0.1, -0.05) is 13.8 Å². The zero-order chi connectivity index (χ0) is 18.4. The largest absolute Gasteiger partial charge is 0.356 e. The Labute approximate surface area is 158 Å². The number of hydrogen-bond donors (Lipinski definition) is 1. The van der Waals surface area contributed by atoms with Gasteiger partial charge in [0.25, 0.3) is 0 Å². The average molecular weight is 361 g/mol. The first-order chi connectivity index (χ1) is 12.7. The summed E-state index contributed by atoms with van der Waals surface area (Å²) in [6, 6.07) is 0.475. The maximum Gasteiger partial charge on any atom is 0.193 e. The van der Waals surface area contributed by atoms with Crippen LogP contribution in [0.2, 0.25) is 0 Å². The predicted octanol–water partition coefficient (Wildman–Crippen LogP) is 2.46. The van der Waals surface area contributed by atoms with Gasteiger partial charge in [0, 0.05) is 39.1 Å². The van der Waals surface area contributed by atoms with Crippen LogP contribution in [-0.2, 0) is 0 Å². The van der Waals surface area contributed by atoms with Crippen LogP contribution in [0.1, 0.15) is 45.6 Å². The number of nitrogens with zero attached hydrogens (tertiary/aromatic N) is 5. The minimum atomic E-state index is 0.475. The maximum absolute atomic E-state index is 4.56. The molecule has 0 saturated carbocycles. The Kier molecular flexibility index (Phi) is 6.94. The first kappa shape index (κ1) is 19.2. The first-order valence-corrected chi connectivity index (χ1v) is 10.4. The molecule has 2 atom stereocenters. The molecule has 2 fully saturated rings. The Hall–Kier alpha value is -1.56. The van der Waals surface area contributed by atoms with Crippen molar-refractivity contribution in [1.82, 2.24) is 24.7 Å². The standard InChI is InChI=1S/C20H36N6/c1-4-24-11-7-18(8-12-24)5-9-23-20(21-3)25-13-6-17(2)19(15-25)26-14-10-22-16-26/h10,14,16-19H,4-9,11-13,15H2,1-3H3,(H,21,23). The van der Waals surface area contributed by atoms with Crippen LogP contribution in [0.3, 0.4) is 0 Å². The van der Waals surface area contributed by atoms with Crippen LogP contribution in [0.15, 0.2) is 23.7 Å². The van der Waals surface area contributed by atoms with E-state index in [9.17, 15) is 0 Å². The number of likely N-dealkylation sites (tertiary alicyclic amines) is 2. The van der Waals surface area contributed by atoms with Gasteiger partial charge in [-0.15, -0.1) is 0 Å². The number of aromatic nitrogens is 2. The summed E-state index contributed by atoms with van der Waals surface area (Å²) in [5.74, 6) is 2.60. The van der Waals surface area contributed by atoms with Crippen LogP contribution in [0, 0.1) is 11.8 Å². The summed E-state index contributed by atoms with van der Waals surface area (Å²) in [7, 11) is 1.91. The second-order valence-corrected chi connectivity index (χ2v) is 7.93. The highest BCUT2D eigenvalue weighted by Gasteiger charge is 2.29. The molecule has 6 heteroatoms. The molecule has 0 radical (unpaired) electrons. The molecule has 0 aromatic carbocycles. The van der Waals surface area contributed by atoms with Crippen molar-refractivity contribution in [3.05, 3.63) is 18.7 Å². The number of guanidine groups is 1. The molecule has 1 aromatic heterocycles. The molecule has 26 heavy (non-hydrogen) atoms. The predicted molar refractivity (Wildman–Crippen MR) is 107 cm³/mol. The summed E-state index contributed by atoms with van der Waals surface area (Å²) < 4.78 is 2.26. The number of piperidine rings is 2. The summed E-state index contributed by atoms with van der Waals surface area (Å²) in [4.78, 5) is 13.8. The number of imidazole rings is 1. The Morgan fingerprint density at radius 3 is 2.69 bits per heavy atom. The first-order valence-electron chi connectivity index (χ1n) is 10.4. The van der Waals surface area contributed by atoms with Crippen molar-refractivity contribution in [1.29, 1.82) is 0 Å². The zero-order valence-electron chi connectivity index (χ0n) is 16.8. The van der Waals surface area contributed by atoms with Gasteiger partial charge in [0.15, 0.2) is 5.96 Å². The van der Waals surface area contributed by atoms with Gasteiger partial charge in [-0.3, -0.25) is 4.99 Å². The second kappa shape index (κ2) is 9.40. The highest BCUT2D eigenvalue weighted by atomic mass is 15.3. The molecule has 0 spiro atoms. The number of hydrogen-bond acceptors (Lipinski definition) is 3. The zero-order valence-corrected chi connectivity index (χ0v) is 16.8. The van der Waals surface area contributed by atoms with Crippen molar-refractivity contribution in [2.24, 2.45) is 16.8 Å². The Bertz CT molecular complexity index is 547. The third-order valence-electron chi connectivity index (χ3n) is 6.33. The maximum atomic E-state index is 4.56. The topological polar surface area (TPSA) is 48.7 Å². The summed E-state index contributed by atoms with van der Waals surface area (Å²) in [6.45, 7) is 11.5. The highest BCUT2D eigenvalue weighted by Crippen LogP contribution is 2.27. The summed E-state index contributed by atoms with van der Waals surface area (Å²) in [6.07, 6.45) is 11.1. The van der Waals surface area contributed by atoms with Gasteiger partial charge < -0.3 is 19.7 Å². The Balaban J connectivity index is 1.46. The van der Waals surface area contributed by atoms with Crippen molar-refractivity contribution in [3.63, 3.8) is 0 Å². The van der Waals surface area contributed by atoms with E-state index in [1.807, 2.05) is 19.6 Å². The second-order valence-electron chi connectivity index (χ2n) is 7.93. The Morgan fingerprint density at radius 1 is 1.23 bits per heavy atom. The molecule has 0 aliphatic carbocycles. The molecular formula is C20H36N6. The SMILES string of the molecule is CCN1CCC(CCNC(=NC)N2CCC(C)C(n3ccnc3)C2)CC1. The molecule has 146 valence electrons. The number of aliphatic imine (C=N–C) groups is 1. The van der Waals surface area contributed by atoms with Crippen LogP contribution in [-0.4, -0.2) is 71.6 Å². The van der Waals surface area contributed by atoms with E-state index in [1.54, 1.807) is 0 Å². The van der Waals surface area contributed by atoms with E-state index in [0.717, 1.165) is 31.5 Å². The lowest BCUT2D eigenvalue weighted by molar-refractivity contribution is 0.182.